The molecule has 4 rings (SSSR count). The van der Waals surface area contributed by atoms with Gasteiger partial charge < -0.3 is 9.73 Å². The van der Waals surface area contributed by atoms with Crippen LogP contribution in [0, 0.1) is 5.82 Å². The average Bonchev–Trinajstić information content (AvgIpc) is 3.26. The Hall–Kier alpha value is -2.83. The van der Waals surface area contributed by atoms with Crippen LogP contribution in [-0.2, 0) is 4.79 Å². The van der Waals surface area contributed by atoms with Gasteiger partial charge in [-0.3, -0.25) is 4.79 Å². The lowest BCUT2D eigenvalue weighted by Crippen LogP contribution is -2.19. The van der Waals surface area contributed by atoms with Gasteiger partial charge in [-0.15, -0.1) is 0 Å². The molecule has 0 atom stereocenters. The lowest BCUT2D eigenvalue weighted by atomic mass is 10.2. The van der Waals surface area contributed by atoms with Crippen molar-refractivity contribution >= 4 is 46.2 Å². The van der Waals surface area contributed by atoms with Gasteiger partial charge >= 0.3 is 0 Å². The first-order valence-electron chi connectivity index (χ1n) is 7.98. The summed E-state index contributed by atoms with van der Waals surface area (Å²) in [6.07, 6.45) is 1.64. The molecule has 1 aliphatic heterocycles. The number of amides is 1. The first kappa shape index (κ1) is 17.6. The lowest BCUT2D eigenvalue weighted by molar-refractivity contribution is -0.115. The maximum Gasteiger partial charge on any atom is 0.264 e. The Labute approximate surface area is 163 Å². The molecule has 3 aromatic rings. The van der Waals surface area contributed by atoms with Crippen LogP contribution in [0.5, 0.6) is 0 Å². The number of hydrogen-bond donors (Lipinski definition) is 1. The maximum atomic E-state index is 13.3. The number of hydrogen-bond acceptors (Lipinski definition) is 4. The van der Waals surface area contributed by atoms with Crippen molar-refractivity contribution in [1.29, 1.82) is 0 Å². The van der Waals surface area contributed by atoms with E-state index in [2.05, 4.69) is 10.3 Å². The molecule has 2 aromatic carbocycles. The molecule has 4 nitrogen and oxygen atoms in total. The van der Waals surface area contributed by atoms with Crippen molar-refractivity contribution in [2.75, 3.05) is 0 Å². The van der Waals surface area contributed by atoms with Crippen LogP contribution in [0.3, 0.4) is 0 Å². The molecule has 0 saturated carbocycles. The van der Waals surface area contributed by atoms with E-state index in [1.165, 1.54) is 23.9 Å². The zero-order valence-corrected chi connectivity index (χ0v) is 15.4. The maximum absolute atomic E-state index is 13.3. The SMILES string of the molecule is O=C1NC(=Nc2ccccc2)S/C1=C/c1ccc(-c2ccc(F)c(Cl)c2)o1. The van der Waals surface area contributed by atoms with E-state index < -0.39 is 5.82 Å². The second-order valence-corrected chi connectivity index (χ2v) is 7.09. The Morgan fingerprint density at radius 2 is 1.93 bits per heavy atom. The highest BCUT2D eigenvalue weighted by atomic mass is 35.5. The van der Waals surface area contributed by atoms with Crippen molar-refractivity contribution in [3.63, 3.8) is 0 Å². The van der Waals surface area contributed by atoms with E-state index in [1.807, 2.05) is 30.3 Å². The van der Waals surface area contributed by atoms with Gasteiger partial charge in [0.25, 0.3) is 5.91 Å². The fourth-order valence-electron chi connectivity index (χ4n) is 2.46. The van der Waals surface area contributed by atoms with Gasteiger partial charge in [-0.25, -0.2) is 9.38 Å². The van der Waals surface area contributed by atoms with Crippen molar-refractivity contribution in [3.8, 4) is 11.3 Å². The highest BCUT2D eigenvalue weighted by Crippen LogP contribution is 2.31. The Balaban J connectivity index is 1.55. The van der Waals surface area contributed by atoms with E-state index in [0.717, 1.165) is 5.69 Å². The number of benzene rings is 2. The minimum Gasteiger partial charge on any atom is -0.457 e. The number of halogens is 2. The summed E-state index contributed by atoms with van der Waals surface area (Å²) in [6, 6.07) is 17.2. The second-order valence-electron chi connectivity index (χ2n) is 5.65. The van der Waals surface area contributed by atoms with Gasteiger partial charge in [-0.1, -0.05) is 29.8 Å². The standard InChI is InChI=1S/C20H12ClFN2O2S/c21-15-10-12(6-8-16(15)22)17-9-7-14(26-17)11-18-19(25)24-20(27-18)23-13-4-2-1-3-5-13/h1-11H,(H,23,24,25)/b18-11+. The molecule has 0 spiro atoms. The summed E-state index contributed by atoms with van der Waals surface area (Å²) in [5.41, 5.74) is 1.41. The average molecular weight is 399 g/mol. The first-order valence-corrected chi connectivity index (χ1v) is 9.18. The van der Waals surface area contributed by atoms with Gasteiger partial charge in [0.1, 0.15) is 17.3 Å². The molecule has 0 aliphatic carbocycles. The van der Waals surface area contributed by atoms with E-state index in [1.54, 1.807) is 24.3 Å². The number of para-hydroxylation sites is 1. The van der Waals surface area contributed by atoms with Crippen LogP contribution < -0.4 is 5.32 Å². The third kappa shape index (κ3) is 3.97. The van der Waals surface area contributed by atoms with Crippen LogP contribution in [-0.4, -0.2) is 11.1 Å². The van der Waals surface area contributed by atoms with Crippen molar-refractivity contribution in [2.24, 2.45) is 4.99 Å². The van der Waals surface area contributed by atoms with Crippen molar-refractivity contribution in [1.82, 2.24) is 5.32 Å². The Kier molecular flexibility index (Phi) is 4.83. The molecule has 1 fully saturated rings. The molecule has 1 saturated heterocycles. The van der Waals surface area contributed by atoms with Gasteiger partial charge in [0.15, 0.2) is 5.17 Å². The zero-order valence-electron chi connectivity index (χ0n) is 13.8. The van der Waals surface area contributed by atoms with E-state index >= 15 is 0 Å². The normalized spacial score (nSPS) is 16.9. The molecule has 1 aromatic heterocycles. The van der Waals surface area contributed by atoms with Crippen LogP contribution >= 0.6 is 23.4 Å². The summed E-state index contributed by atoms with van der Waals surface area (Å²) < 4.78 is 19.0. The first-order chi connectivity index (χ1) is 13.1. The van der Waals surface area contributed by atoms with Gasteiger partial charge in [0, 0.05) is 11.6 Å². The summed E-state index contributed by atoms with van der Waals surface area (Å²) in [5.74, 6) is 0.311. The number of rotatable bonds is 3. The lowest BCUT2D eigenvalue weighted by Gasteiger charge is -1.99. The van der Waals surface area contributed by atoms with Crippen molar-refractivity contribution in [2.45, 2.75) is 0 Å². The van der Waals surface area contributed by atoms with Crippen LogP contribution in [0.2, 0.25) is 5.02 Å². The predicted molar refractivity (Wildman–Crippen MR) is 106 cm³/mol. The molecular formula is C20H12ClFN2O2S. The predicted octanol–water partition coefficient (Wildman–Crippen LogP) is 5.63. The number of carbonyl (C=O) groups is 1. The Morgan fingerprint density at radius 3 is 2.70 bits per heavy atom. The molecule has 0 radical (unpaired) electrons. The number of nitrogens with one attached hydrogen (secondary N) is 1. The Morgan fingerprint density at radius 1 is 1.11 bits per heavy atom. The number of furan rings is 1. The number of aliphatic imine (C=N–C) groups is 1. The van der Waals surface area contributed by atoms with Gasteiger partial charge in [0.05, 0.1) is 15.6 Å². The highest BCUT2D eigenvalue weighted by molar-refractivity contribution is 8.18. The smallest absolute Gasteiger partial charge is 0.264 e. The molecule has 0 bridgehead atoms. The summed E-state index contributed by atoms with van der Waals surface area (Å²) in [7, 11) is 0. The third-order valence-electron chi connectivity index (χ3n) is 3.74. The number of amidine groups is 1. The van der Waals surface area contributed by atoms with E-state index in [4.69, 9.17) is 16.0 Å². The Bertz CT molecular complexity index is 1080. The summed E-state index contributed by atoms with van der Waals surface area (Å²) in [6.45, 7) is 0. The molecule has 27 heavy (non-hydrogen) atoms. The molecule has 7 heteroatoms. The third-order valence-corrected chi connectivity index (χ3v) is 4.94. The fourth-order valence-corrected chi connectivity index (χ4v) is 3.47. The van der Waals surface area contributed by atoms with Gasteiger partial charge in [0.2, 0.25) is 0 Å². The van der Waals surface area contributed by atoms with Crippen molar-refractivity contribution < 1.29 is 13.6 Å². The second kappa shape index (κ2) is 7.42. The largest absolute Gasteiger partial charge is 0.457 e. The minimum atomic E-state index is -0.487. The van der Waals surface area contributed by atoms with Crippen molar-refractivity contribution in [3.05, 3.63) is 82.2 Å². The fraction of sp³-hybridized carbons (Fsp3) is 0. The number of nitrogens with zero attached hydrogens (tertiary/aromatic N) is 1. The molecular weight excluding hydrogens is 387 g/mol. The van der Waals surface area contributed by atoms with E-state index in [0.29, 0.717) is 27.2 Å². The number of thioether (sulfide) groups is 1. The van der Waals surface area contributed by atoms with Crippen LogP contribution in [0.25, 0.3) is 17.4 Å². The topological polar surface area (TPSA) is 54.6 Å². The van der Waals surface area contributed by atoms with Crippen LogP contribution in [0.1, 0.15) is 5.76 Å². The monoisotopic (exact) mass is 398 g/mol. The van der Waals surface area contributed by atoms with Crippen LogP contribution in [0.4, 0.5) is 10.1 Å². The summed E-state index contributed by atoms with van der Waals surface area (Å²) in [4.78, 5) is 17.0. The molecule has 1 amide bonds. The van der Waals surface area contributed by atoms with Gasteiger partial charge in [-0.2, -0.15) is 0 Å². The summed E-state index contributed by atoms with van der Waals surface area (Å²) in [5, 5.41) is 3.26. The molecule has 0 unspecified atom stereocenters. The minimum absolute atomic E-state index is 0.0243. The van der Waals surface area contributed by atoms with E-state index in [9.17, 15) is 9.18 Å². The van der Waals surface area contributed by atoms with E-state index in [-0.39, 0.29) is 10.9 Å². The number of carbonyl (C=O) groups excluding carboxylic acids is 1. The zero-order chi connectivity index (χ0) is 18.8. The molecule has 1 N–H and O–H groups in total. The molecule has 134 valence electrons. The summed E-state index contributed by atoms with van der Waals surface area (Å²) >= 11 is 7.05. The quantitative estimate of drug-likeness (QED) is 0.581. The van der Waals surface area contributed by atoms with Crippen LogP contribution in [0.15, 0.2) is 75.0 Å². The molecule has 1 aliphatic rings. The highest BCUT2D eigenvalue weighted by Gasteiger charge is 2.24. The molecule has 2 heterocycles. The van der Waals surface area contributed by atoms with Gasteiger partial charge in [-0.05, 0) is 54.2 Å².